The molecule has 0 amide bonds. The van der Waals surface area contributed by atoms with Crippen molar-refractivity contribution in [3.05, 3.63) is 37.0 Å². The van der Waals surface area contributed by atoms with E-state index in [0.29, 0.717) is 10.9 Å². The van der Waals surface area contributed by atoms with Gasteiger partial charge >= 0.3 is 0 Å². The van der Waals surface area contributed by atoms with Gasteiger partial charge in [0.1, 0.15) is 5.82 Å². The molecular formula is C15H14BrClIN3. The minimum Gasteiger partial charge on any atom is -0.369 e. The average molecular weight is 479 g/mol. The van der Waals surface area contributed by atoms with Crippen LogP contribution in [0, 0.1) is 3.57 Å². The van der Waals surface area contributed by atoms with E-state index >= 15 is 0 Å². The molecule has 21 heavy (non-hydrogen) atoms. The fourth-order valence-corrected chi connectivity index (χ4v) is 3.90. The standard InChI is InChI=1S/C15H14BrClIN3/c1-2-19-15-12(18)13(8-3-4-8)20-14(21-15)10-6-5-9(17)7-11(10)16/h5-8H,2-4H2,1H3,(H,19,20,21). The van der Waals surface area contributed by atoms with Gasteiger partial charge in [0.25, 0.3) is 0 Å². The van der Waals surface area contributed by atoms with Crippen molar-refractivity contribution in [3.8, 4) is 11.4 Å². The Labute approximate surface area is 151 Å². The molecule has 1 aromatic carbocycles. The molecule has 3 nitrogen and oxygen atoms in total. The minimum atomic E-state index is 0.585. The number of nitrogens with one attached hydrogen (secondary N) is 1. The van der Waals surface area contributed by atoms with Crippen molar-refractivity contribution in [2.24, 2.45) is 0 Å². The Morgan fingerprint density at radius 1 is 1.38 bits per heavy atom. The van der Waals surface area contributed by atoms with E-state index in [9.17, 15) is 0 Å². The first-order valence-electron chi connectivity index (χ1n) is 6.87. The second-order valence-electron chi connectivity index (χ2n) is 5.02. The summed E-state index contributed by atoms with van der Waals surface area (Å²) in [6.07, 6.45) is 2.44. The fourth-order valence-electron chi connectivity index (χ4n) is 2.17. The van der Waals surface area contributed by atoms with Gasteiger partial charge in [0.2, 0.25) is 0 Å². The van der Waals surface area contributed by atoms with Crippen LogP contribution in [0.15, 0.2) is 22.7 Å². The molecule has 1 aliphatic carbocycles. The Morgan fingerprint density at radius 3 is 2.76 bits per heavy atom. The van der Waals surface area contributed by atoms with Gasteiger partial charge < -0.3 is 5.32 Å². The number of hydrogen-bond donors (Lipinski definition) is 1. The largest absolute Gasteiger partial charge is 0.369 e. The number of benzene rings is 1. The van der Waals surface area contributed by atoms with Crippen LogP contribution in [0.5, 0.6) is 0 Å². The Balaban J connectivity index is 2.13. The van der Waals surface area contributed by atoms with Crippen LogP contribution in [0.4, 0.5) is 5.82 Å². The fraction of sp³-hybridized carbons (Fsp3) is 0.333. The van der Waals surface area contributed by atoms with Gasteiger partial charge in [0.15, 0.2) is 5.82 Å². The molecule has 0 atom stereocenters. The van der Waals surface area contributed by atoms with E-state index in [1.807, 2.05) is 18.2 Å². The normalized spacial score (nSPS) is 14.3. The van der Waals surface area contributed by atoms with Gasteiger partial charge in [-0.1, -0.05) is 11.6 Å². The number of nitrogens with zero attached hydrogens (tertiary/aromatic N) is 2. The second-order valence-corrected chi connectivity index (χ2v) is 7.39. The number of rotatable bonds is 4. The first-order chi connectivity index (χ1) is 10.1. The topological polar surface area (TPSA) is 37.8 Å². The molecule has 3 rings (SSSR count). The highest BCUT2D eigenvalue weighted by Gasteiger charge is 2.29. The molecule has 0 bridgehead atoms. The zero-order chi connectivity index (χ0) is 15.0. The summed E-state index contributed by atoms with van der Waals surface area (Å²) >= 11 is 11.9. The second kappa shape index (κ2) is 6.38. The predicted octanol–water partition coefficient (Wildman–Crippen LogP) is 5.47. The summed E-state index contributed by atoms with van der Waals surface area (Å²) in [5.74, 6) is 2.26. The van der Waals surface area contributed by atoms with Crippen molar-refractivity contribution in [2.45, 2.75) is 25.7 Å². The van der Waals surface area contributed by atoms with E-state index in [2.05, 4.69) is 50.8 Å². The maximum absolute atomic E-state index is 6.02. The molecule has 2 aromatic rings. The number of halogens is 3. The van der Waals surface area contributed by atoms with E-state index in [1.165, 1.54) is 18.5 Å². The van der Waals surface area contributed by atoms with Crippen LogP contribution >= 0.6 is 50.1 Å². The van der Waals surface area contributed by atoms with Crippen LogP contribution in [0.2, 0.25) is 5.02 Å². The lowest BCUT2D eigenvalue weighted by molar-refractivity contribution is 0.971. The molecule has 1 heterocycles. The van der Waals surface area contributed by atoms with Gasteiger partial charge in [0.05, 0.1) is 9.26 Å². The summed E-state index contributed by atoms with van der Waals surface area (Å²) < 4.78 is 2.06. The lowest BCUT2D eigenvalue weighted by atomic mass is 10.2. The molecule has 1 aliphatic rings. The number of anilines is 1. The summed E-state index contributed by atoms with van der Waals surface area (Å²) in [5, 5.41) is 4.04. The molecule has 0 radical (unpaired) electrons. The predicted molar refractivity (Wildman–Crippen MR) is 99.0 cm³/mol. The molecule has 6 heteroatoms. The van der Waals surface area contributed by atoms with Crippen LogP contribution in [0.25, 0.3) is 11.4 Å². The van der Waals surface area contributed by atoms with E-state index in [1.54, 1.807) is 0 Å². The quantitative estimate of drug-likeness (QED) is 0.592. The molecule has 0 aliphatic heterocycles. The lowest BCUT2D eigenvalue weighted by Gasteiger charge is -2.13. The van der Waals surface area contributed by atoms with Crippen LogP contribution in [0.1, 0.15) is 31.4 Å². The van der Waals surface area contributed by atoms with Gasteiger partial charge in [-0.3, -0.25) is 0 Å². The molecule has 1 saturated carbocycles. The smallest absolute Gasteiger partial charge is 0.162 e. The SMILES string of the molecule is CCNc1nc(-c2ccc(Cl)cc2Br)nc(C2CC2)c1I. The van der Waals surface area contributed by atoms with Gasteiger partial charge in [-0.2, -0.15) is 0 Å². The van der Waals surface area contributed by atoms with Crippen LogP contribution < -0.4 is 5.32 Å². The number of hydrogen-bond acceptors (Lipinski definition) is 3. The Hall–Kier alpha value is -0.400. The van der Waals surface area contributed by atoms with Crippen molar-refractivity contribution in [3.63, 3.8) is 0 Å². The highest BCUT2D eigenvalue weighted by Crippen LogP contribution is 2.43. The van der Waals surface area contributed by atoms with Crippen LogP contribution in [-0.4, -0.2) is 16.5 Å². The average Bonchev–Trinajstić information content (AvgIpc) is 3.26. The maximum Gasteiger partial charge on any atom is 0.162 e. The van der Waals surface area contributed by atoms with E-state index in [4.69, 9.17) is 21.6 Å². The van der Waals surface area contributed by atoms with E-state index in [-0.39, 0.29) is 0 Å². The molecule has 0 spiro atoms. The minimum absolute atomic E-state index is 0.585. The van der Waals surface area contributed by atoms with E-state index in [0.717, 1.165) is 31.8 Å². The third kappa shape index (κ3) is 3.35. The first kappa shape index (κ1) is 15.5. The zero-order valence-electron chi connectivity index (χ0n) is 11.5. The molecule has 1 aromatic heterocycles. The Morgan fingerprint density at radius 2 is 2.14 bits per heavy atom. The summed E-state index contributed by atoms with van der Waals surface area (Å²) in [4.78, 5) is 9.50. The molecule has 0 saturated heterocycles. The highest BCUT2D eigenvalue weighted by atomic mass is 127. The highest BCUT2D eigenvalue weighted by molar-refractivity contribution is 14.1. The van der Waals surface area contributed by atoms with Gasteiger partial charge in [-0.15, -0.1) is 0 Å². The third-order valence-electron chi connectivity index (χ3n) is 3.36. The van der Waals surface area contributed by atoms with Crippen molar-refractivity contribution < 1.29 is 0 Å². The molecule has 1 N–H and O–H groups in total. The summed E-state index contributed by atoms with van der Waals surface area (Å²) in [5.41, 5.74) is 2.13. The lowest BCUT2D eigenvalue weighted by Crippen LogP contribution is -2.07. The van der Waals surface area contributed by atoms with Gasteiger partial charge in [-0.05, 0) is 76.5 Å². The summed E-state index contributed by atoms with van der Waals surface area (Å²) in [6, 6.07) is 5.70. The maximum atomic E-state index is 6.02. The van der Waals surface area contributed by atoms with Crippen molar-refractivity contribution >= 4 is 55.9 Å². The van der Waals surface area contributed by atoms with Gasteiger partial charge in [-0.25, -0.2) is 9.97 Å². The molecule has 1 fully saturated rings. The Bertz CT molecular complexity index is 689. The molecule has 0 unspecified atom stereocenters. The third-order valence-corrected chi connectivity index (χ3v) is 5.31. The summed E-state index contributed by atoms with van der Waals surface area (Å²) in [7, 11) is 0. The van der Waals surface area contributed by atoms with Gasteiger partial charge in [0, 0.05) is 27.5 Å². The molecule has 110 valence electrons. The zero-order valence-corrected chi connectivity index (χ0v) is 16.0. The van der Waals surface area contributed by atoms with Crippen molar-refractivity contribution in [1.29, 1.82) is 0 Å². The van der Waals surface area contributed by atoms with Crippen molar-refractivity contribution in [2.75, 3.05) is 11.9 Å². The Kier molecular flexibility index (Phi) is 4.71. The monoisotopic (exact) mass is 477 g/mol. The van der Waals surface area contributed by atoms with Crippen LogP contribution in [-0.2, 0) is 0 Å². The van der Waals surface area contributed by atoms with Crippen molar-refractivity contribution in [1.82, 2.24) is 9.97 Å². The van der Waals surface area contributed by atoms with E-state index < -0.39 is 0 Å². The van der Waals surface area contributed by atoms with Crippen LogP contribution in [0.3, 0.4) is 0 Å². The molecular weight excluding hydrogens is 464 g/mol. The summed E-state index contributed by atoms with van der Waals surface area (Å²) in [6.45, 7) is 2.92. The number of aromatic nitrogens is 2. The first-order valence-corrected chi connectivity index (χ1v) is 9.11.